The van der Waals surface area contributed by atoms with Gasteiger partial charge in [0.1, 0.15) is 18.1 Å². The highest BCUT2D eigenvalue weighted by molar-refractivity contribution is 7.89. The van der Waals surface area contributed by atoms with Gasteiger partial charge in [-0.1, -0.05) is 18.2 Å². The third-order valence-electron chi connectivity index (χ3n) is 4.36. The molecule has 0 bridgehead atoms. The van der Waals surface area contributed by atoms with Gasteiger partial charge >= 0.3 is 5.97 Å². The summed E-state index contributed by atoms with van der Waals surface area (Å²) in [5.41, 5.74) is 2.85. The largest absolute Gasteiger partial charge is 0.465 e. The molecule has 1 N–H and O–H groups in total. The number of nitrogens with zero attached hydrogens (tertiary/aromatic N) is 2. The summed E-state index contributed by atoms with van der Waals surface area (Å²) in [4.78, 5) is 28.8. The number of carbonyl (C=O) groups excluding carboxylic acids is 2. The first-order valence-electron chi connectivity index (χ1n) is 8.78. The number of esters is 1. The molecule has 0 saturated carbocycles. The van der Waals surface area contributed by atoms with Crippen LogP contribution in [0.2, 0.25) is 0 Å². The summed E-state index contributed by atoms with van der Waals surface area (Å²) in [5, 5.41) is 2.78. The fourth-order valence-corrected chi connectivity index (χ4v) is 3.67. The van der Waals surface area contributed by atoms with Gasteiger partial charge in [-0.2, -0.15) is 0 Å². The van der Waals surface area contributed by atoms with Crippen molar-refractivity contribution in [2.24, 2.45) is 0 Å². The van der Waals surface area contributed by atoms with E-state index in [-0.39, 0.29) is 18.2 Å². The number of amides is 1. The molecule has 0 fully saturated rings. The standard InChI is InChI=1S/C20H21N3O5S/c1-13-8-9-14(20(25)28-2)10-16(13)22-19(24)11-23-17-7-5-4-6-15(17)21-18(23)12-29(3,26)27/h4-10H,11-12H2,1-3H3,(H,22,24). The summed E-state index contributed by atoms with van der Waals surface area (Å²) >= 11 is 0. The zero-order valence-electron chi connectivity index (χ0n) is 16.3. The summed E-state index contributed by atoms with van der Waals surface area (Å²) < 4.78 is 29.9. The lowest BCUT2D eigenvalue weighted by Gasteiger charge is -2.12. The van der Waals surface area contributed by atoms with Gasteiger partial charge in [-0.05, 0) is 36.8 Å². The molecule has 0 radical (unpaired) electrons. The molecule has 1 heterocycles. The van der Waals surface area contributed by atoms with E-state index < -0.39 is 15.8 Å². The van der Waals surface area contributed by atoms with Crippen molar-refractivity contribution in [2.75, 3.05) is 18.7 Å². The van der Waals surface area contributed by atoms with Gasteiger partial charge in [0.2, 0.25) is 5.91 Å². The van der Waals surface area contributed by atoms with Crippen molar-refractivity contribution < 1.29 is 22.7 Å². The highest BCUT2D eigenvalue weighted by Gasteiger charge is 2.18. The van der Waals surface area contributed by atoms with E-state index in [4.69, 9.17) is 4.74 Å². The Morgan fingerprint density at radius 3 is 2.59 bits per heavy atom. The molecule has 9 heteroatoms. The Bertz CT molecular complexity index is 1200. The smallest absolute Gasteiger partial charge is 0.337 e. The van der Waals surface area contributed by atoms with Crippen LogP contribution in [0, 0.1) is 6.92 Å². The maximum atomic E-state index is 12.7. The highest BCUT2D eigenvalue weighted by Crippen LogP contribution is 2.20. The summed E-state index contributed by atoms with van der Waals surface area (Å²) in [7, 11) is -2.05. The zero-order valence-corrected chi connectivity index (χ0v) is 17.1. The minimum Gasteiger partial charge on any atom is -0.465 e. The van der Waals surface area contributed by atoms with Crippen molar-refractivity contribution in [1.82, 2.24) is 9.55 Å². The maximum Gasteiger partial charge on any atom is 0.337 e. The predicted molar refractivity (Wildman–Crippen MR) is 109 cm³/mol. The Balaban J connectivity index is 1.91. The minimum atomic E-state index is -3.33. The van der Waals surface area contributed by atoms with Crippen molar-refractivity contribution in [3.63, 3.8) is 0 Å². The first kappa shape index (κ1) is 20.5. The molecule has 8 nitrogen and oxygen atoms in total. The summed E-state index contributed by atoms with van der Waals surface area (Å²) in [6.45, 7) is 1.69. The number of imidazole rings is 1. The normalized spacial score (nSPS) is 11.4. The number of anilines is 1. The zero-order chi connectivity index (χ0) is 21.2. The lowest BCUT2D eigenvalue weighted by Crippen LogP contribution is -2.21. The van der Waals surface area contributed by atoms with Gasteiger partial charge in [0.05, 0.1) is 23.7 Å². The van der Waals surface area contributed by atoms with Gasteiger partial charge in [0.25, 0.3) is 0 Å². The van der Waals surface area contributed by atoms with E-state index >= 15 is 0 Å². The van der Waals surface area contributed by atoms with Crippen molar-refractivity contribution in [1.29, 1.82) is 0 Å². The first-order chi connectivity index (χ1) is 13.7. The van der Waals surface area contributed by atoms with Crippen LogP contribution in [0.15, 0.2) is 42.5 Å². The molecule has 3 rings (SSSR count). The number of para-hydroxylation sites is 2. The Labute approximate surface area is 168 Å². The molecule has 0 atom stereocenters. The van der Waals surface area contributed by atoms with Gasteiger partial charge in [0.15, 0.2) is 9.84 Å². The second-order valence-corrected chi connectivity index (χ2v) is 8.88. The molecule has 0 aliphatic rings. The predicted octanol–water partition coefficient (Wildman–Crippen LogP) is 2.31. The van der Waals surface area contributed by atoms with Crippen LogP contribution in [0.25, 0.3) is 11.0 Å². The molecule has 0 unspecified atom stereocenters. The van der Waals surface area contributed by atoms with Gasteiger partial charge in [-0.25, -0.2) is 18.2 Å². The van der Waals surface area contributed by atoms with Gasteiger partial charge in [-0.3, -0.25) is 4.79 Å². The van der Waals surface area contributed by atoms with Crippen LogP contribution >= 0.6 is 0 Å². The van der Waals surface area contributed by atoms with Crippen molar-refractivity contribution in [3.05, 3.63) is 59.4 Å². The van der Waals surface area contributed by atoms with Crippen LogP contribution in [0.4, 0.5) is 5.69 Å². The first-order valence-corrected chi connectivity index (χ1v) is 10.8. The molecule has 0 aliphatic carbocycles. The van der Waals surface area contributed by atoms with Crippen LogP contribution in [-0.2, 0) is 31.7 Å². The third-order valence-corrected chi connectivity index (χ3v) is 5.14. The summed E-state index contributed by atoms with van der Waals surface area (Å²) in [6.07, 6.45) is 1.12. The van der Waals surface area contributed by atoms with Crippen LogP contribution in [0.3, 0.4) is 0 Å². The monoisotopic (exact) mass is 415 g/mol. The summed E-state index contributed by atoms with van der Waals surface area (Å²) in [6, 6.07) is 12.0. The molecule has 2 aromatic carbocycles. The molecule has 152 valence electrons. The number of rotatable bonds is 6. The van der Waals surface area contributed by atoms with Crippen LogP contribution in [0.5, 0.6) is 0 Å². The third kappa shape index (κ3) is 4.80. The van der Waals surface area contributed by atoms with Crippen LogP contribution in [0.1, 0.15) is 21.7 Å². The van der Waals surface area contributed by atoms with Crippen molar-refractivity contribution in [3.8, 4) is 0 Å². The number of hydrogen-bond donors (Lipinski definition) is 1. The lowest BCUT2D eigenvalue weighted by atomic mass is 10.1. The van der Waals surface area contributed by atoms with E-state index in [9.17, 15) is 18.0 Å². The molecule has 29 heavy (non-hydrogen) atoms. The maximum absolute atomic E-state index is 12.7. The fraction of sp³-hybridized carbons (Fsp3) is 0.250. The second-order valence-electron chi connectivity index (χ2n) is 6.74. The molecule has 0 aliphatic heterocycles. The van der Waals surface area contributed by atoms with Gasteiger partial charge in [-0.15, -0.1) is 0 Å². The number of aromatic nitrogens is 2. The molecule has 0 saturated heterocycles. The topological polar surface area (TPSA) is 107 Å². The number of ether oxygens (including phenoxy) is 1. The molecular weight excluding hydrogens is 394 g/mol. The SMILES string of the molecule is COC(=O)c1ccc(C)c(NC(=O)Cn2c(CS(C)(=O)=O)nc3ccccc32)c1. The minimum absolute atomic E-state index is 0.118. The van der Waals surface area contributed by atoms with Crippen LogP contribution in [-0.4, -0.2) is 43.2 Å². The highest BCUT2D eigenvalue weighted by atomic mass is 32.2. The Morgan fingerprint density at radius 1 is 1.17 bits per heavy atom. The number of aryl methyl sites for hydroxylation is 1. The quantitative estimate of drug-likeness (QED) is 0.619. The molecule has 0 spiro atoms. The van der Waals surface area contributed by atoms with E-state index in [2.05, 4.69) is 10.3 Å². The van der Waals surface area contributed by atoms with Crippen molar-refractivity contribution >= 4 is 38.4 Å². The number of sulfone groups is 1. The number of nitrogens with one attached hydrogen (secondary N) is 1. The van der Waals surface area contributed by atoms with E-state index in [1.165, 1.54) is 7.11 Å². The number of carbonyl (C=O) groups is 2. The Kier molecular flexibility index (Phi) is 5.69. The van der Waals surface area contributed by atoms with E-state index in [1.807, 2.05) is 0 Å². The molecule has 1 aromatic heterocycles. The average molecular weight is 415 g/mol. The fourth-order valence-electron chi connectivity index (χ4n) is 2.98. The average Bonchev–Trinajstić information content (AvgIpc) is 2.98. The second kappa shape index (κ2) is 8.04. The van der Waals surface area contributed by atoms with E-state index in [1.54, 1.807) is 54.0 Å². The number of methoxy groups -OCH3 is 1. The Hall–Kier alpha value is -3.20. The van der Waals surface area contributed by atoms with Crippen LogP contribution < -0.4 is 5.32 Å². The number of benzene rings is 2. The number of hydrogen-bond acceptors (Lipinski definition) is 6. The van der Waals surface area contributed by atoms with Crippen molar-refractivity contribution in [2.45, 2.75) is 19.2 Å². The number of fused-ring (bicyclic) bond motifs is 1. The van der Waals surface area contributed by atoms with Gasteiger partial charge in [0, 0.05) is 11.9 Å². The molecule has 1 amide bonds. The van der Waals surface area contributed by atoms with Gasteiger partial charge < -0.3 is 14.6 Å². The molecule has 3 aromatic rings. The molecular formula is C20H21N3O5S. The Morgan fingerprint density at radius 2 is 1.90 bits per heavy atom. The van der Waals surface area contributed by atoms with E-state index in [0.29, 0.717) is 28.1 Å². The lowest BCUT2D eigenvalue weighted by molar-refractivity contribution is -0.116. The van der Waals surface area contributed by atoms with E-state index in [0.717, 1.165) is 11.8 Å². The summed E-state index contributed by atoms with van der Waals surface area (Å²) in [5.74, 6) is -0.848.